The van der Waals surface area contributed by atoms with Gasteiger partial charge in [0.15, 0.2) is 0 Å². The second kappa shape index (κ2) is 8.30. The number of nitrogens with one attached hydrogen (secondary N) is 1. The van der Waals surface area contributed by atoms with E-state index in [2.05, 4.69) is 4.98 Å². The Hall–Kier alpha value is -3.78. The SMILES string of the molecule is Cc1cccc(COc2ccc(Cl)cc2-c2c(C(=O)O)c(N)[nH]c(=O)c2C(=O)O)c1. The van der Waals surface area contributed by atoms with Gasteiger partial charge in [-0.25, -0.2) is 9.59 Å². The van der Waals surface area contributed by atoms with Gasteiger partial charge in [0.1, 0.15) is 29.3 Å². The summed E-state index contributed by atoms with van der Waals surface area (Å²) in [4.78, 5) is 38.0. The second-order valence-corrected chi connectivity index (χ2v) is 6.96. The van der Waals surface area contributed by atoms with E-state index in [1.54, 1.807) is 0 Å². The molecule has 5 N–H and O–H groups in total. The van der Waals surface area contributed by atoms with E-state index in [0.717, 1.165) is 11.1 Å². The third kappa shape index (κ3) is 4.13. The van der Waals surface area contributed by atoms with Crippen LogP contribution in [0.25, 0.3) is 11.1 Å². The molecule has 1 heterocycles. The van der Waals surface area contributed by atoms with Crippen molar-refractivity contribution in [2.24, 2.45) is 0 Å². The number of aromatic nitrogens is 1. The summed E-state index contributed by atoms with van der Waals surface area (Å²) in [6.07, 6.45) is 0. The number of rotatable bonds is 6. The summed E-state index contributed by atoms with van der Waals surface area (Å²) < 4.78 is 5.84. The fourth-order valence-electron chi connectivity index (χ4n) is 3.10. The lowest BCUT2D eigenvalue weighted by Crippen LogP contribution is -2.24. The number of anilines is 1. The monoisotopic (exact) mass is 428 g/mol. The molecule has 1 aromatic heterocycles. The Bertz CT molecular complexity index is 1220. The minimum Gasteiger partial charge on any atom is -0.488 e. The molecular weight excluding hydrogens is 412 g/mol. The van der Waals surface area contributed by atoms with Crippen molar-refractivity contribution in [2.75, 3.05) is 5.73 Å². The average Bonchev–Trinajstić information content (AvgIpc) is 2.65. The molecule has 9 heteroatoms. The summed E-state index contributed by atoms with van der Waals surface area (Å²) in [7, 11) is 0. The predicted octanol–water partition coefficient (Wildman–Crippen LogP) is 3.56. The maximum atomic E-state index is 12.3. The summed E-state index contributed by atoms with van der Waals surface area (Å²) in [6.45, 7) is 2.05. The molecule has 0 bridgehead atoms. The number of aromatic amines is 1. The van der Waals surface area contributed by atoms with E-state index in [4.69, 9.17) is 22.1 Å². The number of pyridine rings is 1. The number of aryl methyl sites for hydroxylation is 1. The third-order valence-electron chi connectivity index (χ3n) is 4.36. The molecule has 0 aliphatic carbocycles. The summed E-state index contributed by atoms with van der Waals surface area (Å²) in [5, 5.41) is 19.4. The van der Waals surface area contributed by atoms with Crippen LogP contribution in [0.3, 0.4) is 0 Å². The van der Waals surface area contributed by atoms with Crippen LogP contribution in [0.5, 0.6) is 5.75 Å². The lowest BCUT2D eigenvalue weighted by atomic mass is 9.94. The first-order valence-corrected chi connectivity index (χ1v) is 9.07. The molecule has 0 fully saturated rings. The molecule has 0 aliphatic heterocycles. The van der Waals surface area contributed by atoms with Gasteiger partial charge in [0.05, 0.1) is 0 Å². The maximum Gasteiger partial charge on any atom is 0.342 e. The number of nitrogen functional groups attached to an aromatic ring is 1. The zero-order valence-corrected chi connectivity index (χ0v) is 16.5. The molecule has 0 saturated heterocycles. The van der Waals surface area contributed by atoms with Crippen LogP contribution in [0.15, 0.2) is 47.3 Å². The summed E-state index contributed by atoms with van der Waals surface area (Å²) in [6, 6.07) is 11.9. The Balaban J connectivity index is 2.23. The van der Waals surface area contributed by atoms with Crippen LogP contribution < -0.4 is 16.0 Å². The van der Waals surface area contributed by atoms with E-state index in [-0.39, 0.29) is 28.5 Å². The fraction of sp³-hybridized carbons (Fsp3) is 0.0952. The van der Waals surface area contributed by atoms with Crippen LogP contribution in [0, 0.1) is 6.92 Å². The molecule has 0 aliphatic rings. The van der Waals surface area contributed by atoms with Crippen molar-refractivity contribution in [1.29, 1.82) is 0 Å². The largest absolute Gasteiger partial charge is 0.488 e. The third-order valence-corrected chi connectivity index (χ3v) is 4.60. The van der Waals surface area contributed by atoms with Crippen molar-refractivity contribution < 1.29 is 24.5 Å². The highest BCUT2D eigenvalue weighted by Gasteiger charge is 2.28. The quantitative estimate of drug-likeness (QED) is 0.470. The molecule has 0 unspecified atom stereocenters. The normalized spacial score (nSPS) is 10.6. The number of hydrogen-bond donors (Lipinski definition) is 4. The molecule has 0 amide bonds. The number of carbonyl (C=O) groups is 2. The Labute approximate surface area is 175 Å². The molecule has 2 aromatic carbocycles. The number of hydrogen-bond acceptors (Lipinski definition) is 5. The number of ether oxygens (including phenoxy) is 1. The minimum atomic E-state index is -1.61. The highest BCUT2D eigenvalue weighted by atomic mass is 35.5. The van der Waals surface area contributed by atoms with Crippen LogP contribution in [-0.2, 0) is 6.61 Å². The van der Waals surface area contributed by atoms with Gasteiger partial charge in [0.2, 0.25) is 0 Å². The number of aromatic carboxylic acids is 2. The zero-order valence-electron chi connectivity index (χ0n) is 15.7. The number of H-pyrrole nitrogens is 1. The summed E-state index contributed by atoms with van der Waals surface area (Å²) in [5.74, 6) is -3.45. The molecule has 154 valence electrons. The van der Waals surface area contributed by atoms with Gasteiger partial charge in [-0.1, -0.05) is 41.4 Å². The van der Waals surface area contributed by atoms with E-state index >= 15 is 0 Å². The highest BCUT2D eigenvalue weighted by molar-refractivity contribution is 6.31. The lowest BCUT2D eigenvalue weighted by Gasteiger charge is -2.16. The second-order valence-electron chi connectivity index (χ2n) is 6.52. The first-order valence-electron chi connectivity index (χ1n) is 8.69. The first-order chi connectivity index (χ1) is 14.2. The smallest absolute Gasteiger partial charge is 0.342 e. The zero-order chi connectivity index (χ0) is 22.0. The molecular formula is C21H17ClN2O6. The highest BCUT2D eigenvalue weighted by Crippen LogP contribution is 2.38. The van der Waals surface area contributed by atoms with Crippen molar-refractivity contribution in [3.05, 3.63) is 80.1 Å². The first kappa shape index (κ1) is 20.9. The van der Waals surface area contributed by atoms with Crippen LogP contribution in [-0.4, -0.2) is 27.1 Å². The fourth-order valence-corrected chi connectivity index (χ4v) is 3.27. The van der Waals surface area contributed by atoms with Crippen LogP contribution >= 0.6 is 11.6 Å². The van der Waals surface area contributed by atoms with Crippen molar-refractivity contribution in [3.63, 3.8) is 0 Å². The van der Waals surface area contributed by atoms with Gasteiger partial charge in [-0.3, -0.25) is 4.79 Å². The maximum absolute atomic E-state index is 12.3. The Morgan fingerprint density at radius 3 is 2.43 bits per heavy atom. The molecule has 3 rings (SSSR count). The number of carboxylic acid groups (broad SMARTS) is 2. The van der Waals surface area contributed by atoms with Crippen molar-refractivity contribution in [3.8, 4) is 16.9 Å². The van der Waals surface area contributed by atoms with E-state index in [1.807, 2.05) is 31.2 Å². The van der Waals surface area contributed by atoms with E-state index < -0.39 is 34.4 Å². The summed E-state index contributed by atoms with van der Waals surface area (Å²) >= 11 is 6.08. The lowest BCUT2D eigenvalue weighted by molar-refractivity contribution is 0.0695. The number of benzene rings is 2. The molecule has 0 radical (unpaired) electrons. The van der Waals surface area contributed by atoms with Crippen molar-refractivity contribution in [2.45, 2.75) is 13.5 Å². The molecule has 30 heavy (non-hydrogen) atoms. The van der Waals surface area contributed by atoms with Crippen molar-refractivity contribution in [1.82, 2.24) is 4.98 Å². The van der Waals surface area contributed by atoms with Crippen LogP contribution in [0.2, 0.25) is 5.02 Å². The van der Waals surface area contributed by atoms with E-state index in [9.17, 15) is 24.6 Å². The standard InChI is InChI=1S/C21H17ClN2O6/c1-10-3-2-4-11(7-10)9-30-14-6-5-12(22)8-13(14)15-16(20(26)27)18(23)24-19(25)17(15)21(28)29/h2-8H,9H2,1H3,(H,26,27)(H,28,29)(H3,23,24,25). The topological polar surface area (TPSA) is 143 Å². The number of halogens is 1. The van der Waals surface area contributed by atoms with E-state index in [1.165, 1.54) is 18.2 Å². The average molecular weight is 429 g/mol. The number of carboxylic acids is 2. The van der Waals surface area contributed by atoms with Crippen molar-refractivity contribution >= 4 is 29.4 Å². The summed E-state index contributed by atoms with van der Waals surface area (Å²) in [5.41, 5.74) is 4.85. The van der Waals surface area contributed by atoms with Crippen LogP contribution in [0.1, 0.15) is 31.8 Å². The molecule has 0 saturated carbocycles. The Morgan fingerprint density at radius 1 is 1.10 bits per heavy atom. The van der Waals surface area contributed by atoms with Gasteiger partial charge in [-0.05, 0) is 30.7 Å². The van der Waals surface area contributed by atoms with Gasteiger partial charge in [0.25, 0.3) is 5.56 Å². The number of nitrogens with two attached hydrogens (primary N) is 1. The Morgan fingerprint density at radius 2 is 1.80 bits per heavy atom. The molecule has 0 atom stereocenters. The molecule has 0 spiro atoms. The van der Waals surface area contributed by atoms with Gasteiger partial charge in [-0.15, -0.1) is 0 Å². The minimum absolute atomic E-state index is 0.0303. The van der Waals surface area contributed by atoms with Gasteiger partial charge in [0, 0.05) is 16.1 Å². The van der Waals surface area contributed by atoms with Crippen LogP contribution in [0.4, 0.5) is 5.82 Å². The predicted molar refractivity (Wildman–Crippen MR) is 111 cm³/mol. The van der Waals surface area contributed by atoms with Gasteiger partial charge >= 0.3 is 11.9 Å². The molecule has 3 aromatic rings. The Kier molecular flexibility index (Phi) is 5.79. The van der Waals surface area contributed by atoms with Gasteiger partial charge < -0.3 is 25.7 Å². The molecule has 8 nitrogen and oxygen atoms in total. The van der Waals surface area contributed by atoms with Gasteiger partial charge in [-0.2, -0.15) is 0 Å². The van der Waals surface area contributed by atoms with E-state index in [0.29, 0.717) is 0 Å².